The molecule has 0 saturated carbocycles. The van der Waals surface area contributed by atoms with Crippen molar-refractivity contribution in [2.24, 2.45) is 0 Å². The summed E-state index contributed by atoms with van der Waals surface area (Å²) in [7, 11) is 0. The molecule has 7 nitrogen and oxygen atoms in total. The molecule has 0 fully saturated rings. The van der Waals surface area contributed by atoms with Crippen LogP contribution in [0.25, 0.3) is 5.69 Å². The average molecular weight is 406 g/mol. The number of carbonyl (C=O) groups excluding carboxylic acids is 1. The Morgan fingerprint density at radius 2 is 1.83 bits per heavy atom. The normalized spacial score (nSPS) is 13.6. The van der Waals surface area contributed by atoms with E-state index in [1.807, 2.05) is 48.9 Å². The average Bonchev–Trinajstić information content (AvgIpc) is 3.14. The lowest BCUT2D eigenvalue weighted by Crippen LogP contribution is -2.36. The second kappa shape index (κ2) is 8.49. The highest BCUT2D eigenvalue weighted by Gasteiger charge is 2.17. The van der Waals surface area contributed by atoms with Gasteiger partial charge in [0, 0.05) is 17.8 Å². The summed E-state index contributed by atoms with van der Waals surface area (Å²) in [5, 5.41) is 10.4. The van der Waals surface area contributed by atoms with E-state index in [1.165, 1.54) is 5.56 Å². The van der Waals surface area contributed by atoms with Crippen molar-refractivity contribution in [2.45, 2.75) is 33.4 Å². The Bertz CT molecular complexity index is 1040. The third-order valence-electron chi connectivity index (χ3n) is 5.20. The molecule has 0 aliphatic carbocycles. The summed E-state index contributed by atoms with van der Waals surface area (Å²) in [5.41, 5.74) is 5.13. The van der Waals surface area contributed by atoms with Crippen LogP contribution < -0.4 is 20.1 Å². The number of fused-ring (bicyclic) bond motifs is 1. The number of nitrogens with zero attached hydrogens (tertiary/aromatic N) is 2. The maximum atomic E-state index is 12.4. The highest BCUT2D eigenvalue weighted by atomic mass is 16.6. The summed E-state index contributed by atoms with van der Waals surface area (Å²) in [6, 6.07) is 13.5. The molecule has 0 saturated heterocycles. The summed E-state index contributed by atoms with van der Waals surface area (Å²) in [6.45, 7) is 7.51. The van der Waals surface area contributed by atoms with Crippen LogP contribution in [0.3, 0.4) is 0 Å². The molecule has 2 amide bonds. The van der Waals surface area contributed by atoms with Crippen molar-refractivity contribution >= 4 is 6.03 Å². The maximum absolute atomic E-state index is 12.4. The van der Waals surface area contributed by atoms with Crippen LogP contribution in [-0.4, -0.2) is 29.0 Å². The molecule has 0 bridgehead atoms. The summed E-state index contributed by atoms with van der Waals surface area (Å²) in [5.74, 6) is 1.46. The van der Waals surface area contributed by atoms with E-state index in [1.54, 1.807) is 6.20 Å². The van der Waals surface area contributed by atoms with Gasteiger partial charge in [0.05, 0.1) is 17.9 Å². The molecule has 7 heteroatoms. The molecular formula is C23H26N4O3. The van der Waals surface area contributed by atoms with Crippen molar-refractivity contribution in [1.82, 2.24) is 20.4 Å². The van der Waals surface area contributed by atoms with Crippen LogP contribution in [0.5, 0.6) is 11.5 Å². The number of rotatable bonds is 5. The van der Waals surface area contributed by atoms with Gasteiger partial charge in [0.1, 0.15) is 13.2 Å². The highest BCUT2D eigenvalue weighted by molar-refractivity contribution is 5.74. The largest absolute Gasteiger partial charge is 0.486 e. The lowest BCUT2D eigenvalue weighted by Gasteiger charge is -2.19. The minimum atomic E-state index is -0.236. The number of aromatic nitrogens is 2. The first-order chi connectivity index (χ1) is 14.5. The third kappa shape index (κ3) is 4.25. The fourth-order valence-corrected chi connectivity index (χ4v) is 3.50. The molecule has 1 aliphatic rings. The van der Waals surface area contributed by atoms with E-state index in [9.17, 15) is 4.79 Å². The topological polar surface area (TPSA) is 77.4 Å². The summed E-state index contributed by atoms with van der Waals surface area (Å²) in [4.78, 5) is 12.4. The molecule has 1 atom stereocenters. The van der Waals surface area contributed by atoms with Gasteiger partial charge in [0.15, 0.2) is 11.5 Å². The smallest absolute Gasteiger partial charge is 0.315 e. The molecule has 30 heavy (non-hydrogen) atoms. The lowest BCUT2D eigenvalue weighted by atomic mass is 10.1. The third-order valence-corrected chi connectivity index (χ3v) is 5.20. The highest BCUT2D eigenvalue weighted by Crippen LogP contribution is 2.30. The van der Waals surface area contributed by atoms with E-state index in [4.69, 9.17) is 9.47 Å². The van der Waals surface area contributed by atoms with E-state index in [-0.39, 0.29) is 12.1 Å². The summed E-state index contributed by atoms with van der Waals surface area (Å²) < 4.78 is 13.0. The number of aryl methyl sites for hydroxylation is 1. The Balaban J connectivity index is 1.36. The number of hydrogen-bond acceptors (Lipinski definition) is 4. The lowest BCUT2D eigenvalue weighted by molar-refractivity contribution is 0.171. The van der Waals surface area contributed by atoms with Gasteiger partial charge < -0.3 is 20.1 Å². The fourth-order valence-electron chi connectivity index (χ4n) is 3.50. The predicted octanol–water partition coefficient (Wildman–Crippen LogP) is 3.82. The Morgan fingerprint density at radius 1 is 1.10 bits per heavy atom. The minimum absolute atomic E-state index is 0.176. The number of benzene rings is 2. The van der Waals surface area contributed by atoms with Gasteiger partial charge in [-0.1, -0.05) is 23.8 Å². The number of hydrogen-bond donors (Lipinski definition) is 2. The first-order valence-electron chi connectivity index (χ1n) is 10.1. The Morgan fingerprint density at radius 3 is 2.60 bits per heavy atom. The molecule has 0 radical (unpaired) electrons. The molecule has 2 heterocycles. The van der Waals surface area contributed by atoms with Crippen LogP contribution in [0.15, 0.2) is 48.7 Å². The molecular weight excluding hydrogens is 380 g/mol. The van der Waals surface area contributed by atoms with Gasteiger partial charge in [0.2, 0.25) is 0 Å². The van der Waals surface area contributed by atoms with E-state index < -0.39 is 0 Å². The molecule has 1 aliphatic heterocycles. The number of nitrogens with one attached hydrogen (secondary N) is 2. The van der Waals surface area contributed by atoms with Gasteiger partial charge in [-0.25, -0.2) is 9.48 Å². The SMILES string of the molecule is Cc1ccc(-n2ncc([C@@H](C)NC(=O)NCc3ccc4c(c3)OCCO4)c2C)cc1. The standard InChI is InChI=1S/C23H26N4O3/c1-15-4-7-19(8-5-15)27-17(3)20(14-25-27)16(2)26-23(28)24-13-18-6-9-21-22(12-18)30-11-10-29-21/h4-9,12,14,16H,10-11,13H2,1-3H3,(H2,24,26,28)/t16-/m1/s1. The second-order valence-corrected chi connectivity index (χ2v) is 7.46. The molecule has 2 N–H and O–H groups in total. The van der Waals surface area contributed by atoms with Crippen LogP contribution in [0.2, 0.25) is 0 Å². The second-order valence-electron chi connectivity index (χ2n) is 7.46. The van der Waals surface area contributed by atoms with Gasteiger partial charge in [-0.15, -0.1) is 0 Å². The Kier molecular flexibility index (Phi) is 5.61. The molecule has 1 aromatic heterocycles. The summed E-state index contributed by atoms with van der Waals surface area (Å²) >= 11 is 0. The molecule has 156 valence electrons. The number of urea groups is 1. The van der Waals surface area contributed by atoms with Crippen molar-refractivity contribution in [3.63, 3.8) is 0 Å². The molecule has 2 aromatic carbocycles. The molecule has 0 unspecified atom stereocenters. The van der Waals surface area contributed by atoms with Crippen LogP contribution >= 0.6 is 0 Å². The van der Waals surface area contributed by atoms with E-state index in [2.05, 4.69) is 34.8 Å². The van der Waals surface area contributed by atoms with Crippen molar-refractivity contribution in [3.05, 3.63) is 71.0 Å². The van der Waals surface area contributed by atoms with Crippen LogP contribution in [0.4, 0.5) is 4.79 Å². The molecule has 4 rings (SSSR count). The number of amides is 2. The van der Waals surface area contributed by atoms with Gasteiger partial charge >= 0.3 is 6.03 Å². The Hall–Kier alpha value is -3.48. The van der Waals surface area contributed by atoms with E-state index in [0.29, 0.717) is 25.5 Å². The minimum Gasteiger partial charge on any atom is -0.486 e. The maximum Gasteiger partial charge on any atom is 0.315 e. The first kappa shape index (κ1) is 19.8. The van der Waals surface area contributed by atoms with Gasteiger partial charge in [-0.05, 0) is 50.6 Å². The van der Waals surface area contributed by atoms with E-state index >= 15 is 0 Å². The van der Waals surface area contributed by atoms with Crippen molar-refractivity contribution in [3.8, 4) is 17.2 Å². The van der Waals surface area contributed by atoms with Gasteiger partial charge in [-0.2, -0.15) is 5.10 Å². The predicted molar refractivity (Wildman–Crippen MR) is 114 cm³/mol. The van der Waals surface area contributed by atoms with Crippen molar-refractivity contribution in [1.29, 1.82) is 0 Å². The Labute approximate surface area is 176 Å². The van der Waals surface area contributed by atoms with Gasteiger partial charge in [0.25, 0.3) is 0 Å². The van der Waals surface area contributed by atoms with E-state index in [0.717, 1.165) is 28.3 Å². The monoisotopic (exact) mass is 406 g/mol. The molecule has 3 aromatic rings. The van der Waals surface area contributed by atoms with Gasteiger partial charge in [-0.3, -0.25) is 0 Å². The number of ether oxygens (including phenoxy) is 2. The summed E-state index contributed by atoms with van der Waals surface area (Å²) in [6.07, 6.45) is 1.81. The zero-order valence-corrected chi connectivity index (χ0v) is 17.4. The van der Waals surface area contributed by atoms with Crippen LogP contribution in [0, 0.1) is 13.8 Å². The van der Waals surface area contributed by atoms with Crippen LogP contribution in [-0.2, 0) is 6.54 Å². The quantitative estimate of drug-likeness (QED) is 0.675. The van der Waals surface area contributed by atoms with Crippen LogP contribution in [0.1, 0.15) is 35.3 Å². The zero-order chi connectivity index (χ0) is 21.1. The fraction of sp³-hybridized carbons (Fsp3) is 0.304. The number of carbonyl (C=O) groups is 1. The zero-order valence-electron chi connectivity index (χ0n) is 17.4. The van der Waals surface area contributed by atoms with Crippen molar-refractivity contribution < 1.29 is 14.3 Å². The molecule has 0 spiro atoms. The van der Waals surface area contributed by atoms with Crippen molar-refractivity contribution in [2.75, 3.05) is 13.2 Å². The first-order valence-corrected chi connectivity index (χ1v) is 10.1.